The number of para-hydroxylation sites is 2. The Morgan fingerprint density at radius 2 is 1.28 bits per heavy atom. The minimum absolute atomic E-state index is 0.982. The molecule has 0 aliphatic heterocycles. The number of hydrogen-bond acceptors (Lipinski definition) is 1. The summed E-state index contributed by atoms with van der Waals surface area (Å²) in [4.78, 5) is 1.99. The average Bonchev–Trinajstić information content (AvgIpc) is 3.09. The lowest BCUT2D eigenvalue weighted by atomic mass is 10.1. The molecule has 0 atom stereocenters. The Hall–Kier alpha value is -3.46. The quantitative estimate of drug-likeness (QED) is 0.441. The SMILES string of the molecule is c1ccc(-c2nn(-c3ccccc3)[n+]3c2ccc2ccccc23)cc1. The van der Waals surface area contributed by atoms with Crippen molar-refractivity contribution in [2.24, 2.45) is 0 Å². The smallest absolute Gasteiger partial charge is 0.112 e. The molecule has 0 unspecified atom stereocenters. The summed E-state index contributed by atoms with van der Waals surface area (Å²) < 4.78 is 2.19. The molecule has 0 aliphatic carbocycles. The van der Waals surface area contributed by atoms with Gasteiger partial charge in [-0.05, 0) is 35.1 Å². The lowest BCUT2D eigenvalue weighted by Crippen LogP contribution is -2.33. The van der Waals surface area contributed by atoms with E-state index in [9.17, 15) is 0 Å². The average molecular weight is 322 g/mol. The predicted octanol–water partition coefficient (Wildman–Crippen LogP) is 4.43. The van der Waals surface area contributed by atoms with Crippen molar-refractivity contribution in [2.45, 2.75) is 0 Å². The fourth-order valence-corrected chi connectivity index (χ4v) is 3.30. The normalized spacial score (nSPS) is 11.2. The van der Waals surface area contributed by atoms with E-state index in [4.69, 9.17) is 5.10 Å². The van der Waals surface area contributed by atoms with Gasteiger partial charge in [-0.15, -0.1) is 4.52 Å². The Labute approximate surface area is 145 Å². The Bertz CT molecular complexity index is 1180. The molecule has 3 aromatic carbocycles. The highest BCUT2D eigenvalue weighted by Gasteiger charge is 2.24. The second kappa shape index (κ2) is 5.56. The van der Waals surface area contributed by atoms with Crippen LogP contribution in [0.3, 0.4) is 0 Å². The van der Waals surface area contributed by atoms with Crippen molar-refractivity contribution in [3.63, 3.8) is 0 Å². The van der Waals surface area contributed by atoms with Crippen LogP contribution < -0.4 is 4.52 Å². The molecule has 2 aromatic heterocycles. The molecule has 0 bridgehead atoms. The minimum Gasteiger partial charge on any atom is -0.112 e. The molecule has 0 spiro atoms. The van der Waals surface area contributed by atoms with Gasteiger partial charge in [-0.3, -0.25) is 0 Å². The van der Waals surface area contributed by atoms with Gasteiger partial charge in [0.2, 0.25) is 5.52 Å². The summed E-state index contributed by atoms with van der Waals surface area (Å²) in [6.07, 6.45) is 0. The minimum atomic E-state index is 0.982. The standard InChI is InChI=1S/C22H16N3/c1-3-10-18(11-4-1)22-21-16-15-17-9-7-8-14-20(17)24(21)25(23-22)19-12-5-2-6-13-19/h1-16H/q+1. The molecule has 0 N–H and O–H groups in total. The Balaban J connectivity index is 1.94. The molecule has 5 rings (SSSR count). The summed E-state index contributed by atoms with van der Waals surface area (Å²) in [6.45, 7) is 0. The summed E-state index contributed by atoms with van der Waals surface area (Å²) in [5.74, 6) is 0. The van der Waals surface area contributed by atoms with Gasteiger partial charge in [0.15, 0.2) is 5.52 Å². The topological polar surface area (TPSA) is 21.9 Å². The van der Waals surface area contributed by atoms with Crippen molar-refractivity contribution in [3.05, 3.63) is 97.1 Å². The molecule has 2 heterocycles. The molecule has 0 saturated carbocycles. The maximum Gasteiger partial charge on any atom is 0.257 e. The number of rotatable bonds is 2. The van der Waals surface area contributed by atoms with Crippen LogP contribution in [-0.2, 0) is 0 Å². The summed E-state index contributed by atoms with van der Waals surface area (Å²) in [7, 11) is 0. The van der Waals surface area contributed by atoms with Crippen molar-refractivity contribution in [2.75, 3.05) is 0 Å². The van der Waals surface area contributed by atoms with Gasteiger partial charge < -0.3 is 0 Å². The number of aromatic nitrogens is 3. The van der Waals surface area contributed by atoms with Crippen LogP contribution >= 0.6 is 0 Å². The van der Waals surface area contributed by atoms with E-state index in [0.29, 0.717) is 0 Å². The molecular formula is C22H16N3+. The van der Waals surface area contributed by atoms with E-state index in [2.05, 4.69) is 77.3 Å². The summed E-state index contributed by atoms with van der Waals surface area (Å²) in [5.41, 5.74) is 5.36. The summed E-state index contributed by atoms with van der Waals surface area (Å²) in [5, 5.41) is 6.15. The fourth-order valence-electron chi connectivity index (χ4n) is 3.30. The van der Waals surface area contributed by atoms with E-state index in [1.165, 1.54) is 5.39 Å². The van der Waals surface area contributed by atoms with Crippen molar-refractivity contribution in [3.8, 4) is 16.9 Å². The highest BCUT2D eigenvalue weighted by molar-refractivity contribution is 5.81. The molecule has 3 nitrogen and oxygen atoms in total. The molecule has 0 fully saturated rings. The number of nitrogens with zero attached hydrogens (tertiary/aromatic N) is 3. The maximum absolute atomic E-state index is 4.96. The number of pyridine rings is 1. The van der Waals surface area contributed by atoms with Gasteiger partial charge in [0, 0.05) is 10.9 Å². The summed E-state index contributed by atoms with van der Waals surface area (Å²) >= 11 is 0. The van der Waals surface area contributed by atoms with Crippen molar-refractivity contribution < 1.29 is 4.52 Å². The molecule has 5 aromatic rings. The van der Waals surface area contributed by atoms with Crippen LogP contribution in [0.1, 0.15) is 0 Å². The van der Waals surface area contributed by atoms with Gasteiger partial charge in [0.25, 0.3) is 5.69 Å². The number of fused-ring (bicyclic) bond motifs is 3. The van der Waals surface area contributed by atoms with E-state index in [0.717, 1.165) is 28.0 Å². The molecular weight excluding hydrogens is 306 g/mol. The molecule has 3 heteroatoms. The zero-order valence-corrected chi connectivity index (χ0v) is 13.6. The largest absolute Gasteiger partial charge is 0.257 e. The van der Waals surface area contributed by atoms with Crippen LogP contribution in [0, 0.1) is 0 Å². The third-order valence-electron chi connectivity index (χ3n) is 4.48. The molecule has 0 saturated heterocycles. The predicted molar refractivity (Wildman–Crippen MR) is 99.7 cm³/mol. The Morgan fingerprint density at radius 3 is 2.08 bits per heavy atom. The first-order valence-electron chi connectivity index (χ1n) is 8.35. The zero-order valence-electron chi connectivity index (χ0n) is 13.6. The van der Waals surface area contributed by atoms with E-state index in [1.54, 1.807) is 0 Å². The zero-order chi connectivity index (χ0) is 16.6. The van der Waals surface area contributed by atoms with Gasteiger partial charge in [-0.2, -0.15) is 0 Å². The third-order valence-corrected chi connectivity index (χ3v) is 4.48. The van der Waals surface area contributed by atoms with Gasteiger partial charge in [-0.25, -0.2) is 0 Å². The van der Waals surface area contributed by atoms with Crippen LogP contribution in [0.2, 0.25) is 0 Å². The van der Waals surface area contributed by atoms with Crippen molar-refractivity contribution >= 4 is 16.4 Å². The lowest BCUT2D eigenvalue weighted by Gasteiger charge is -2.00. The molecule has 0 aliphatic rings. The van der Waals surface area contributed by atoms with Crippen molar-refractivity contribution in [1.82, 2.24) is 9.90 Å². The second-order valence-corrected chi connectivity index (χ2v) is 6.03. The van der Waals surface area contributed by atoms with Crippen LogP contribution in [0.15, 0.2) is 97.1 Å². The van der Waals surface area contributed by atoms with Crippen LogP contribution in [0.5, 0.6) is 0 Å². The highest BCUT2D eigenvalue weighted by atomic mass is 15.5. The van der Waals surface area contributed by atoms with Crippen LogP contribution in [0.25, 0.3) is 33.4 Å². The first-order chi connectivity index (χ1) is 12.4. The van der Waals surface area contributed by atoms with Crippen LogP contribution in [-0.4, -0.2) is 9.90 Å². The number of hydrogen-bond donors (Lipinski definition) is 0. The first kappa shape index (κ1) is 13.9. The molecule has 25 heavy (non-hydrogen) atoms. The van der Waals surface area contributed by atoms with Gasteiger partial charge in [0.1, 0.15) is 5.69 Å². The first-order valence-corrected chi connectivity index (χ1v) is 8.35. The molecule has 118 valence electrons. The van der Waals surface area contributed by atoms with Gasteiger partial charge >= 0.3 is 0 Å². The Morgan fingerprint density at radius 1 is 0.600 bits per heavy atom. The monoisotopic (exact) mass is 322 g/mol. The van der Waals surface area contributed by atoms with E-state index < -0.39 is 0 Å². The summed E-state index contributed by atoms with van der Waals surface area (Å²) in [6, 6.07) is 33.3. The van der Waals surface area contributed by atoms with E-state index in [1.807, 2.05) is 29.1 Å². The third kappa shape index (κ3) is 2.21. The number of benzene rings is 3. The molecule has 0 radical (unpaired) electrons. The lowest BCUT2D eigenvalue weighted by molar-refractivity contribution is -0.576. The second-order valence-electron chi connectivity index (χ2n) is 6.03. The van der Waals surface area contributed by atoms with Gasteiger partial charge in [0.05, 0.1) is 5.10 Å². The van der Waals surface area contributed by atoms with Gasteiger partial charge in [-0.1, -0.05) is 66.7 Å². The Kier molecular flexibility index (Phi) is 3.10. The van der Waals surface area contributed by atoms with E-state index >= 15 is 0 Å². The van der Waals surface area contributed by atoms with E-state index in [-0.39, 0.29) is 0 Å². The van der Waals surface area contributed by atoms with Crippen molar-refractivity contribution in [1.29, 1.82) is 0 Å². The maximum atomic E-state index is 4.96. The fraction of sp³-hybridized carbons (Fsp3) is 0. The molecule has 0 amide bonds. The van der Waals surface area contributed by atoms with Crippen LogP contribution in [0.4, 0.5) is 0 Å². The highest BCUT2D eigenvalue weighted by Crippen LogP contribution is 2.23.